The molecule has 6 nitrogen and oxygen atoms in total. The fourth-order valence-electron chi connectivity index (χ4n) is 1.65. The molecule has 1 aliphatic heterocycles. The number of hydrogen-bond acceptors (Lipinski definition) is 4. The predicted octanol–water partition coefficient (Wildman–Crippen LogP) is 1.11. The number of hydrogen-bond donors (Lipinski definition) is 4. The molecule has 2 rings (SSSR count). The number of rotatable bonds is 0. The highest BCUT2D eigenvalue weighted by atomic mass is 16.6. The lowest BCUT2D eigenvalue weighted by Gasteiger charge is -2.15. The summed E-state index contributed by atoms with van der Waals surface area (Å²) in [7, 11) is 0. The minimum absolute atomic E-state index is 0.536. The van der Waals surface area contributed by atoms with Gasteiger partial charge in [-0.05, 0) is 12.8 Å². The summed E-state index contributed by atoms with van der Waals surface area (Å²) in [4.78, 5) is 8.56. The van der Waals surface area contributed by atoms with Gasteiger partial charge in [-0.2, -0.15) is 0 Å². The minimum Gasteiger partial charge on any atom is -0.450 e. The zero-order chi connectivity index (χ0) is 12.9. The van der Waals surface area contributed by atoms with E-state index < -0.39 is 6.16 Å². The van der Waals surface area contributed by atoms with Gasteiger partial charge in [-0.25, -0.2) is 4.79 Å². The summed E-state index contributed by atoms with van der Waals surface area (Å²) in [5.74, 6) is 0. The Morgan fingerprint density at radius 3 is 1.76 bits per heavy atom. The first kappa shape index (κ1) is 16.1. The Kier molecular flexibility index (Phi) is 11.0. The summed E-state index contributed by atoms with van der Waals surface area (Å²) < 4.78 is 5.01. The molecule has 0 bridgehead atoms. The quantitative estimate of drug-likeness (QED) is 0.512. The topological polar surface area (TPSA) is 105 Å². The van der Waals surface area contributed by atoms with Gasteiger partial charge in [0.05, 0.1) is 13.2 Å². The van der Waals surface area contributed by atoms with Crippen molar-refractivity contribution in [3.63, 3.8) is 0 Å². The van der Waals surface area contributed by atoms with Crippen molar-refractivity contribution in [1.29, 1.82) is 0 Å². The van der Waals surface area contributed by atoms with Gasteiger partial charge in [-0.3, -0.25) is 0 Å². The fraction of sp³-hybridized carbons (Fsp3) is 0.909. The maximum atomic E-state index is 8.56. The maximum Gasteiger partial charge on any atom is 0.503 e. The highest BCUT2D eigenvalue weighted by Gasteiger charge is 2.06. The second-order valence-corrected chi connectivity index (χ2v) is 4.04. The van der Waals surface area contributed by atoms with Crippen LogP contribution in [-0.2, 0) is 4.74 Å². The van der Waals surface area contributed by atoms with Crippen LogP contribution in [0.15, 0.2) is 0 Å². The molecule has 0 unspecified atom stereocenters. The van der Waals surface area contributed by atoms with Crippen molar-refractivity contribution >= 4 is 6.16 Å². The van der Waals surface area contributed by atoms with E-state index in [4.69, 9.17) is 25.5 Å². The summed E-state index contributed by atoms with van der Waals surface area (Å²) in [6, 6.07) is 0.536. The first-order valence-electron chi connectivity index (χ1n) is 6.09. The third-order valence-corrected chi connectivity index (χ3v) is 2.50. The van der Waals surface area contributed by atoms with Crippen molar-refractivity contribution in [2.24, 2.45) is 5.73 Å². The van der Waals surface area contributed by atoms with E-state index in [2.05, 4.69) is 5.32 Å². The van der Waals surface area contributed by atoms with E-state index in [0.717, 1.165) is 26.3 Å². The van der Waals surface area contributed by atoms with Crippen molar-refractivity contribution in [2.45, 2.75) is 38.1 Å². The summed E-state index contributed by atoms with van der Waals surface area (Å²) >= 11 is 0. The van der Waals surface area contributed by atoms with Crippen LogP contribution in [0.2, 0.25) is 0 Å². The molecule has 5 N–H and O–H groups in total. The van der Waals surface area contributed by atoms with Gasteiger partial charge in [0.25, 0.3) is 0 Å². The Labute approximate surface area is 102 Å². The number of nitrogens with one attached hydrogen (secondary N) is 1. The molecule has 2 fully saturated rings. The zero-order valence-electron chi connectivity index (χ0n) is 10.2. The number of ether oxygens (including phenoxy) is 1. The molecule has 102 valence electrons. The van der Waals surface area contributed by atoms with Gasteiger partial charge >= 0.3 is 6.16 Å². The van der Waals surface area contributed by atoms with Gasteiger partial charge in [0, 0.05) is 19.1 Å². The summed E-state index contributed by atoms with van der Waals surface area (Å²) in [6.45, 7) is 3.83. The average molecular weight is 248 g/mol. The summed E-state index contributed by atoms with van der Waals surface area (Å²) in [5, 5.41) is 17.1. The lowest BCUT2D eigenvalue weighted by Crippen LogP contribution is -2.30. The molecule has 1 heterocycles. The van der Waals surface area contributed by atoms with E-state index in [0.29, 0.717) is 6.04 Å². The number of morpholine rings is 1. The standard InChI is InChI=1S/C6H13N.C4H9NO.CH2O3/c7-6-4-2-1-3-5-6;1-3-6-4-2-5-1;2-1(3)4/h6H,1-5,7H2;5H,1-4H2;(H2,2,3,4). The van der Waals surface area contributed by atoms with Crippen LogP contribution in [0.25, 0.3) is 0 Å². The molecular weight excluding hydrogens is 224 g/mol. The minimum atomic E-state index is -1.83. The van der Waals surface area contributed by atoms with Crippen molar-refractivity contribution in [3.05, 3.63) is 0 Å². The second-order valence-electron chi connectivity index (χ2n) is 4.04. The molecule has 6 heteroatoms. The lowest BCUT2D eigenvalue weighted by molar-refractivity contribution is 0.109. The van der Waals surface area contributed by atoms with Crippen LogP contribution in [0.5, 0.6) is 0 Å². The van der Waals surface area contributed by atoms with Crippen molar-refractivity contribution in [1.82, 2.24) is 5.32 Å². The lowest BCUT2D eigenvalue weighted by atomic mass is 9.97. The molecule has 0 aromatic carbocycles. The Balaban J connectivity index is 0.000000236. The molecule has 0 aromatic heterocycles. The molecule has 0 amide bonds. The average Bonchev–Trinajstić information content (AvgIpc) is 2.32. The zero-order valence-corrected chi connectivity index (χ0v) is 10.2. The van der Waals surface area contributed by atoms with Gasteiger partial charge in [-0.1, -0.05) is 19.3 Å². The Bertz CT molecular complexity index is 165. The van der Waals surface area contributed by atoms with Crippen LogP contribution in [-0.4, -0.2) is 48.7 Å². The maximum absolute atomic E-state index is 8.56. The normalized spacial score (nSPS) is 20.3. The smallest absolute Gasteiger partial charge is 0.450 e. The highest BCUT2D eigenvalue weighted by molar-refractivity contribution is 5.53. The molecule has 2 aliphatic rings. The van der Waals surface area contributed by atoms with Crippen molar-refractivity contribution in [3.8, 4) is 0 Å². The van der Waals surface area contributed by atoms with E-state index in [1.807, 2.05) is 0 Å². The van der Waals surface area contributed by atoms with Crippen LogP contribution in [0, 0.1) is 0 Å². The summed E-state index contributed by atoms with van der Waals surface area (Å²) in [6.07, 6.45) is 4.83. The first-order valence-corrected chi connectivity index (χ1v) is 6.09. The number of nitrogens with two attached hydrogens (primary N) is 1. The van der Waals surface area contributed by atoms with Crippen LogP contribution in [0.4, 0.5) is 4.79 Å². The molecule has 1 aliphatic carbocycles. The predicted molar refractivity (Wildman–Crippen MR) is 65.4 cm³/mol. The van der Waals surface area contributed by atoms with Gasteiger partial charge < -0.3 is 26.0 Å². The molecule has 0 radical (unpaired) electrons. The van der Waals surface area contributed by atoms with E-state index in [1.165, 1.54) is 32.1 Å². The second kappa shape index (κ2) is 11.6. The molecule has 1 saturated carbocycles. The Morgan fingerprint density at radius 2 is 1.59 bits per heavy atom. The first-order chi connectivity index (χ1) is 8.13. The van der Waals surface area contributed by atoms with E-state index in [1.54, 1.807) is 0 Å². The van der Waals surface area contributed by atoms with Gasteiger partial charge in [0.1, 0.15) is 0 Å². The molecule has 17 heavy (non-hydrogen) atoms. The molecule has 0 spiro atoms. The van der Waals surface area contributed by atoms with Crippen molar-refractivity contribution in [2.75, 3.05) is 26.3 Å². The fourth-order valence-corrected chi connectivity index (χ4v) is 1.65. The van der Waals surface area contributed by atoms with E-state index in [-0.39, 0.29) is 0 Å². The SMILES string of the molecule is C1COCCN1.NC1CCCCC1.O=C(O)O. The molecular formula is C11H24N2O4. The van der Waals surface area contributed by atoms with Crippen LogP contribution in [0.3, 0.4) is 0 Å². The van der Waals surface area contributed by atoms with Crippen LogP contribution in [0.1, 0.15) is 32.1 Å². The monoisotopic (exact) mass is 248 g/mol. The van der Waals surface area contributed by atoms with Crippen molar-refractivity contribution < 1.29 is 19.7 Å². The summed E-state index contributed by atoms with van der Waals surface area (Å²) in [5.41, 5.74) is 5.63. The third kappa shape index (κ3) is 15.1. The molecule has 1 saturated heterocycles. The third-order valence-electron chi connectivity index (χ3n) is 2.50. The van der Waals surface area contributed by atoms with Crippen LogP contribution >= 0.6 is 0 Å². The van der Waals surface area contributed by atoms with Crippen LogP contribution < -0.4 is 11.1 Å². The molecule has 0 atom stereocenters. The number of carbonyl (C=O) groups is 1. The van der Waals surface area contributed by atoms with E-state index in [9.17, 15) is 0 Å². The Morgan fingerprint density at radius 1 is 1.12 bits per heavy atom. The Hall–Kier alpha value is -0.850. The van der Waals surface area contributed by atoms with Gasteiger partial charge in [-0.15, -0.1) is 0 Å². The largest absolute Gasteiger partial charge is 0.503 e. The number of carboxylic acid groups (broad SMARTS) is 2. The van der Waals surface area contributed by atoms with E-state index >= 15 is 0 Å². The van der Waals surface area contributed by atoms with Gasteiger partial charge in [0.15, 0.2) is 0 Å². The highest BCUT2D eigenvalue weighted by Crippen LogP contribution is 2.14. The van der Waals surface area contributed by atoms with Gasteiger partial charge in [0.2, 0.25) is 0 Å². The molecule has 0 aromatic rings.